The molecule has 1 saturated carbocycles. The van der Waals surface area contributed by atoms with Crippen molar-refractivity contribution in [3.05, 3.63) is 42.1 Å². The van der Waals surface area contributed by atoms with Crippen LogP contribution in [-0.2, 0) is 28.8 Å². The summed E-state index contributed by atoms with van der Waals surface area (Å²) in [6, 6.07) is 8.21. The molecular formula is C34H45N7O10. The molecular weight excluding hydrogens is 666 g/mol. The summed E-state index contributed by atoms with van der Waals surface area (Å²) < 4.78 is 12.1. The Morgan fingerprint density at radius 2 is 1.80 bits per heavy atom. The molecule has 3 atom stereocenters. The summed E-state index contributed by atoms with van der Waals surface area (Å²) in [5.74, 6) is -2.77. The standard InChI is InChI=1S/C34H45N7O10/c1-4-49-34(48)51-40-18-17-38(20-22(40)2)32(46)25(14-15-30(43)44)35-31(45)26-19-29(41(36-26)24-9-6-5-7-10-24)50-21-28(42)39-16-8-11-27(39)33(47)37(3)23-12-13-23/h5-7,9-10,19,22-23,25,27H,4,8,11-18,20-21H2,1-3H3,(H,35,45)(H,43,44)/t22-,25+,27+/m1/s1. The summed E-state index contributed by atoms with van der Waals surface area (Å²) in [5, 5.41) is 17.8. The van der Waals surface area contributed by atoms with Gasteiger partial charge >= 0.3 is 12.1 Å². The number of amides is 4. The number of piperazine rings is 1. The predicted octanol–water partition coefficient (Wildman–Crippen LogP) is 1.45. The van der Waals surface area contributed by atoms with E-state index in [0.29, 0.717) is 25.1 Å². The molecule has 3 heterocycles. The lowest BCUT2D eigenvalue weighted by atomic mass is 10.1. The highest BCUT2D eigenvalue weighted by atomic mass is 16.8. The summed E-state index contributed by atoms with van der Waals surface area (Å²) in [4.78, 5) is 86.9. The summed E-state index contributed by atoms with van der Waals surface area (Å²) in [6.07, 6.45) is 1.77. The van der Waals surface area contributed by atoms with Crippen LogP contribution in [0.3, 0.4) is 0 Å². The molecule has 17 heteroatoms. The fourth-order valence-electron chi connectivity index (χ4n) is 6.24. The second-order valence-corrected chi connectivity index (χ2v) is 12.8. The second kappa shape index (κ2) is 16.7. The lowest BCUT2D eigenvalue weighted by molar-refractivity contribution is -0.176. The number of carboxylic acid groups (broad SMARTS) is 1. The number of likely N-dealkylation sites (tertiary alicyclic amines) is 1. The van der Waals surface area contributed by atoms with Gasteiger partial charge in [0.1, 0.15) is 12.1 Å². The predicted molar refractivity (Wildman–Crippen MR) is 179 cm³/mol. The van der Waals surface area contributed by atoms with E-state index in [2.05, 4.69) is 10.4 Å². The topological polar surface area (TPSA) is 193 Å². The minimum atomic E-state index is -1.20. The molecule has 0 spiro atoms. The Morgan fingerprint density at radius 1 is 1.06 bits per heavy atom. The van der Waals surface area contributed by atoms with Crippen molar-refractivity contribution in [3.8, 4) is 11.6 Å². The van der Waals surface area contributed by atoms with Crippen LogP contribution >= 0.6 is 0 Å². The van der Waals surface area contributed by atoms with Crippen molar-refractivity contribution in [1.82, 2.24) is 34.9 Å². The molecule has 2 aliphatic heterocycles. The van der Waals surface area contributed by atoms with E-state index >= 15 is 0 Å². The third-order valence-corrected chi connectivity index (χ3v) is 9.14. The highest BCUT2D eigenvalue weighted by Crippen LogP contribution is 2.29. The minimum absolute atomic E-state index is 0.0787. The number of benzene rings is 1. The number of nitrogens with one attached hydrogen (secondary N) is 1. The number of aromatic nitrogens is 2. The van der Waals surface area contributed by atoms with Crippen molar-refractivity contribution in [2.24, 2.45) is 0 Å². The number of carboxylic acids is 1. The van der Waals surface area contributed by atoms with E-state index < -0.39 is 48.7 Å². The Morgan fingerprint density at radius 3 is 2.47 bits per heavy atom. The van der Waals surface area contributed by atoms with Gasteiger partial charge in [-0.3, -0.25) is 24.0 Å². The van der Waals surface area contributed by atoms with Gasteiger partial charge in [-0.1, -0.05) is 18.2 Å². The molecule has 276 valence electrons. The van der Waals surface area contributed by atoms with Gasteiger partial charge in [-0.05, 0) is 58.1 Å². The van der Waals surface area contributed by atoms with E-state index in [1.807, 2.05) is 0 Å². The molecule has 3 fully saturated rings. The first-order valence-electron chi connectivity index (χ1n) is 17.2. The molecule has 2 saturated heterocycles. The van der Waals surface area contributed by atoms with Gasteiger partial charge in [0.25, 0.3) is 11.8 Å². The van der Waals surface area contributed by atoms with Crippen molar-refractivity contribution in [2.75, 3.05) is 46.4 Å². The maximum Gasteiger partial charge on any atom is 0.527 e. The smallest absolute Gasteiger partial charge is 0.481 e. The van der Waals surface area contributed by atoms with Gasteiger partial charge in [-0.2, -0.15) is 5.10 Å². The molecule has 0 radical (unpaired) electrons. The number of aliphatic carboxylic acids is 1. The molecule has 2 N–H and O–H groups in total. The van der Waals surface area contributed by atoms with Crippen LogP contribution in [0.15, 0.2) is 36.4 Å². The fourth-order valence-corrected chi connectivity index (χ4v) is 6.24. The monoisotopic (exact) mass is 711 g/mol. The van der Waals surface area contributed by atoms with E-state index in [4.69, 9.17) is 14.3 Å². The van der Waals surface area contributed by atoms with Crippen LogP contribution in [0.5, 0.6) is 5.88 Å². The third-order valence-electron chi connectivity index (χ3n) is 9.14. The van der Waals surface area contributed by atoms with Gasteiger partial charge in [-0.25, -0.2) is 9.48 Å². The first-order valence-corrected chi connectivity index (χ1v) is 17.2. The molecule has 1 aromatic carbocycles. The van der Waals surface area contributed by atoms with Gasteiger partial charge in [0.2, 0.25) is 17.7 Å². The average Bonchev–Trinajstić information content (AvgIpc) is 3.68. The van der Waals surface area contributed by atoms with Gasteiger partial charge in [0.15, 0.2) is 12.3 Å². The Hall–Kier alpha value is -5.19. The normalized spacial score (nSPS) is 19.6. The fraction of sp³-hybridized carbons (Fsp3) is 0.559. The molecule has 1 aliphatic carbocycles. The molecule has 3 aliphatic rings. The highest BCUT2D eigenvalue weighted by Gasteiger charge is 2.40. The van der Waals surface area contributed by atoms with Crippen LogP contribution in [0.2, 0.25) is 0 Å². The van der Waals surface area contributed by atoms with E-state index in [1.165, 1.54) is 20.7 Å². The molecule has 17 nitrogen and oxygen atoms in total. The first-order chi connectivity index (χ1) is 24.5. The Labute approximate surface area is 295 Å². The molecule has 51 heavy (non-hydrogen) atoms. The van der Waals surface area contributed by atoms with Crippen LogP contribution in [0.4, 0.5) is 4.79 Å². The zero-order valence-electron chi connectivity index (χ0n) is 29.1. The summed E-state index contributed by atoms with van der Waals surface area (Å²) in [5.41, 5.74) is 0.408. The largest absolute Gasteiger partial charge is 0.527 e. The molecule has 1 aromatic heterocycles. The molecule has 0 unspecified atom stereocenters. The number of likely N-dealkylation sites (N-methyl/N-ethyl adjacent to an activating group) is 1. The number of hydroxylamine groups is 2. The molecule has 4 amide bonds. The number of hydrogen-bond acceptors (Lipinski definition) is 11. The lowest BCUT2D eigenvalue weighted by Gasteiger charge is -2.39. The van der Waals surface area contributed by atoms with E-state index in [0.717, 1.165) is 12.8 Å². The third kappa shape index (κ3) is 9.33. The number of ether oxygens (including phenoxy) is 2. The van der Waals surface area contributed by atoms with Gasteiger partial charge < -0.3 is 39.4 Å². The number of carbonyl (C=O) groups excluding carboxylic acids is 5. The lowest BCUT2D eigenvalue weighted by Crippen LogP contribution is -2.58. The van der Waals surface area contributed by atoms with E-state index in [1.54, 1.807) is 61.0 Å². The van der Waals surface area contributed by atoms with Crippen molar-refractivity contribution >= 4 is 35.8 Å². The van der Waals surface area contributed by atoms with Crippen LogP contribution in [0, 0.1) is 0 Å². The summed E-state index contributed by atoms with van der Waals surface area (Å²) >= 11 is 0. The number of rotatable bonds is 14. The first kappa shape index (κ1) is 37.1. The Kier molecular flexibility index (Phi) is 12.1. The average molecular weight is 712 g/mol. The van der Waals surface area contributed by atoms with Crippen LogP contribution < -0.4 is 10.1 Å². The number of nitrogens with zero attached hydrogens (tertiary/aromatic N) is 6. The number of hydrogen-bond donors (Lipinski definition) is 2. The molecule has 5 rings (SSSR count). The number of carbonyl (C=O) groups is 6. The van der Waals surface area contributed by atoms with Gasteiger partial charge in [0, 0.05) is 45.2 Å². The van der Waals surface area contributed by atoms with Gasteiger partial charge in [0.05, 0.1) is 24.9 Å². The van der Waals surface area contributed by atoms with Crippen molar-refractivity contribution in [1.29, 1.82) is 0 Å². The maximum absolute atomic E-state index is 13.7. The van der Waals surface area contributed by atoms with Crippen molar-refractivity contribution < 1.29 is 48.2 Å². The SMILES string of the molecule is CCOC(=O)ON1CCN(C(=O)[C@H](CCC(=O)O)NC(=O)c2cc(OCC(=O)N3CCC[C@H]3C(=O)N(C)C3CC3)n(-c3ccccc3)n2)C[C@H]1C. The second-order valence-electron chi connectivity index (χ2n) is 12.8. The van der Waals surface area contributed by atoms with Crippen LogP contribution in [-0.4, -0.2) is 141 Å². The van der Waals surface area contributed by atoms with Crippen molar-refractivity contribution in [3.63, 3.8) is 0 Å². The quantitative estimate of drug-likeness (QED) is 0.269. The summed E-state index contributed by atoms with van der Waals surface area (Å²) in [6.45, 7) is 4.05. The number of para-hydroxylation sites is 1. The maximum atomic E-state index is 13.7. The highest BCUT2D eigenvalue weighted by molar-refractivity contribution is 5.96. The van der Waals surface area contributed by atoms with Crippen molar-refractivity contribution in [2.45, 2.75) is 76.5 Å². The summed E-state index contributed by atoms with van der Waals surface area (Å²) in [7, 11) is 1.77. The van der Waals surface area contributed by atoms with E-state index in [-0.39, 0.29) is 68.5 Å². The Bertz CT molecular complexity index is 1600. The molecule has 0 bridgehead atoms. The van der Waals surface area contributed by atoms with Crippen LogP contribution in [0.25, 0.3) is 5.69 Å². The minimum Gasteiger partial charge on any atom is -0.481 e. The van der Waals surface area contributed by atoms with Crippen LogP contribution in [0.1, 0.15) is 62.9 Å². The Balaban J connectivity index is 1.28. The molecule has 2 aromatic rings. The zero-order valence-corrected chi connectivity index (χ0v) is 29.1. The van der Waals surface area contributed by atoms with Gasteiger partial charge in [-0.15, -0.1) is 5.06 Å². The zero-order chi connectivity index (χ0) is 36.7. The van der Waals surface area contributed by atoms with E-state index in [9.17, 15) is 33.9 Å².